The van der Waals surface area contributed by atoms with Crippen molar-refractivity contribution in [3.63, 3.8) is 0 Å². The molecule has 0 bridgehead atoms. The Morgan fingerprint density at radius 2 is 2.00 bits per heavy atom. The zero-order valence-corrected chi connectivity index (χ0v) is 10.9. The normalized spacial score (nSPS) is 14.4. The number of hydrogen-bond acceptors (Lipinski definition) is 3. The van der Waals surface area contributed by atoms with Crippen molar-refractivity contribution in [2.45, 2.75) is 17.9 Å². The molecule has 0 aliphatic heterocycles. The Bertz CT molecular complexity index is 468. The predicted octanol–water partition coefficient (Wildman–Crippen LogP) is 3.56. The van der Waals surface area contributed by atoms with E-state index in [0.29, 0.717) is 5.56 Å². The first-order valence-electron chi connectivity index (χ1n) is 4.90. The van der Waals surface area contributed by atoms with E-state index in [9.17, 15) is 24.0 Å². The molecular weight excluding hydrogens is 312 g/mol. The summed E-state index contributed by atoms with van der Waals surface area (Å²) in [6, 6.07) is 5.04. The lowest BCUT2D eigenvalue weighted by Gasteiger charge is -2.12. The molecule has 4 nitrogen and oxygen atoms in total. The van der Waals surface area contributed by atoms with Crippen LogP contribution in [0.2, 0.25) is 0 Å². The van der Waals surface area contributed by atoms with E-state index in [4.69, 9.17) is 0 Å². The summed E-state index contributed by atoms with van der Waals surface area (Å²) in [6.07, 6.45) is -0.259. The van der Waals surface area contributed by atoms with Crippen LogP contribution in [0.3, 0.4) is 0 Å². The number of non-ortho nitro benzene ring substituents is 1. The quantitative estimate of drug-likeness (QED) is 0.399. The minimum atomic E-state index is -3.19. The molecule has 98 valence electrons. The summed E-state index contributed by atoms with van der Waals surface area (Å²) in [7, 11) is 0. The second-order valence-corrected chi connectivity index (χ2v) is 4.64. The highest BCUT2D eigenvalue weighted by Crippen LogP contribution is 2.32. The van der Waals surface area contributed by atoms with Gasteiger partial charge in [-0.3, -0.25) is 10.1 Å². The van der Waals surface area contributed by atoms with Gasteiger partial charge < -0.3 is 5.11 Å². The molecule has 1 rings (SSSR count). The van der Waals surface area contributed by atoms with Crippen molar-refractivity contribution in [1.82, 2.24) is 0 Å². The van der Waals surface area contributed by atoms with Gasteiger partial charge in [0.1, 0.15) is 0 Å². The summed E-state index contributed by atoms with van der Waals surface area (Å²) in [5.74, 6) is 0. The zero-order valence-electron chi connectivity index (χ0n) is 9.31. The predicted molar refractivity (Wildman–Crippen MR) is 65.7 cm³/mol. The summed E-state index contributed by atoms with van der Waals surface area (Å²) in [5, 5.41) is 20.1. The van der Waals surface area contributed by atoms with Crippen LogP contribution >= 0.6 is 15.9 Å². The first kappa shape index (κ1) is 14.7. The van der Waals surface area contributed by atoms with E-state index in [1.807, 2.05) is 0 Å². The van der Waals surface area contributed by atoms with Crippen LogP contribution in [0.4, 0.5) is 14.5 Å². The van der Waals surface area contributed by atoms with Crippen LogP contribution < -0.4 is 0 Å². The molecule has 0 saturated carbocycles. The number of alkyl halides is 3. The first-order chi connectivity index (χ1) is 8.21. The third-order valence-corrected chi connectivity index (χ3v) is 2.93. The minimum Gasteiger partial charge on any atom is -0.384 e. The van der Waals surface area contributed by atoms with Crippen LogP contribution in [0.25, 0.3) is 0 Å². The number of rotatable bonds is 4. The van der Waals surface area contributed by atoms with Crippen molar-refractivity contribution in [1.29, 1.82) is 0 Å². The van der Waals surface area contributed by atoms with E-state index in [1.165, 1.54) is 31.2 Å². The van der Waals surface area contributed by atoms with Crippen molar-refractivity contribution >= 4 is 21.6 Å². The van der Waals surface area contributed by atoms with Crippen molar-refractivity contribution < 1.29 is 18.8 Å². The first-order valence-corrected chi connectivity index (χ1v) is 5.69. The van der Waals surface area contributed by atoms with Gasteiger partial charge in [0.2, 0.25) is 0 Å². The molecule has 0 radical (unpaired) electrons. The number of aliphatic hydroxyl groups excluding tert-OH is 1. The molecule has 1 N–H and O–H groups in total. The van der Waals surface area contributed by atoms with Crippen molar-refractivity contribution in [3.05, 3.63) is 51.6 Å². The van der Waals surface area contributed by atoms with E-state index in [0.717, 1.165) is 6.08 Å². The molecule has 0 saturated heterocycles. The molecule has 0 spiro atoms. The molecule has 0 aliphatic rings. The highest BCUT2D eigenvalue weighted by Gasteiger charge is 2.27. The fourth-order valence-corrected chi connectivity index (χ4v) is 1.35. The van der Waals surface area contributed by atoms with Crippen molar-refractivity contribution in [2.75, 3.05) is 0 Å². The van der Waals surface area contributed by atoms with E-state index in [1.54, 1.807) is 0 Å². The lowest BCUT2D eigenvalue weighted by molar-refractivity contribution is -0.384. The van der Waals surface area contributed by atoms with Crippen LogP contribution in [0.15, 0.2) is 35.9 Å². The summed E-state index contributed by atoms with van der Waals surface area (Å²) in [6.45, 7) is 1.17. The molecule has 7 heteroatoms. The number of nitro groups is 1. The molecule has 1 atom stereocenters. The van der Waals surface area contributed by atoms with Crippen LogP contribution in [-0.2, 0) is 0 Å². The third-order valence-electron chi connectivity index (χ3n) is 2.30. The van der Waals surface area contributed by atoms with Gasteiger partial charge in [-0.1, -0.05) is 0 Å². The maximum atomic E-state index is 12.8. The number of nitrogens with zero attached hydrogens (tertiary/aromatic N) is 1. The number of nitro benzene ring substituents is 1. The fraction of sp³-hybridized carbons (Fsp3) is 0.273. The van der Waals surface area contributed by atoms with Crippen molar-refractivity contribution in [3.8, 4) is 0 Å². The molecular formula is C11H10BrF2NO3. The second kappa shape index (κ2) is 5.53. The number of halogens is 3. The Morgan fingerprint density at radius 1 is 1.50 bits per heavy atom. The zero-order chi connectivity index (χ0) is 13.9. The molecule has 1 unspecified atom stereocenters. The standard InChI is InChI=1S/C11H10BrF2NO3/c1-7(11(12,13)14)6-10(16)8-2-4-9(5-3-8)15(17)18/h2-6,10,16H,1H3/b7-6+. The summed E-state index contributed by atoms with van der Waals surface area (Å²) in [4.78, 5) is 6.65. The summed E-state index contributed by atoms with van der Waals surface area (Å²) < 4.78 is 25.6. The number of hydrogen-bond donors (Lipinski definition) is 1. The maximum Gasteiger partial charge on any atom is 0.322 e. The fourth-order valence-electron chi connectivity index (χ4n) is 1.22. The average molecular weight is 322 g/mol. The van der Waals surface area contributed by atoms with Gasteiger partial charge in [-0.2, -0.15) is 8.78 Å². The largest absolute Gasteiger partial charge is 0.384 e. The van der Waals surface area contributed by atoms with Gasteiger partial charge in [0, 0.05) is 17.7 Å². The number of benzene rings is 1. The van der Waals surface area contributed by atoms with Gasteiger partial charge in [0.05, 0.1) is 11.0 Å². The average Bonchev–Trinajstić information content (AvgIpc) is 2.27. The highest BCUT2D eigenvalue weighted by molar-refractivity contribution is 9.10. The Morgan fingerprint density at radius 3 is 2.39 bits per heavy atom. The highest BCUT2D eigenvalue weighted by atomic mass is 79.9. The van der Waals surface area contributed by atoms with E-state index in [2.05, 4.69) is 15.9 Å². The number of aliphatic hydroxyl groups is 1. The van der Waals surface area contributed by atoms with E-state index < -0.39 is 15.9 Å². The van der Waals surface area contributed by atoms with Gasteiger partial charge in [0.15, 0.2) is 0 Å². The lowest BCUT2D eigenvalue weighted by Crippen LogP contribution is -2.08. The van der Waals surface area contributed by atoms with Crippen LogP contribution in [0, 0.1) is 10.1 Å². The molecule has 1 aromatic carbocycles. The van der Waals surface area contributed by atoms with Crippen LogP contribution in [0.1, 0.15) is 18.6 Å². The van der Waals surface area contributed by atoms with Crippen LogP contribution in [0.5, 0.6) is 0 Å². The van der Waals surface area contributed by atoms with Gasteiger partial charge >= 0.3 is 4.83 Å². The molecule has 0 aromatic heterocycles. The Hall–Kier alpha value is -1.34. The summed E-state index contributed by atoms with van der Waals surface area (Å²) >= 11 is 2.17. The van der Waals surface area contributed by atoms with Gasteiger partial charge in [0.25, 0.3) is 5.69 Å². The molecule has 1 aromatic rings. The van der Waals surface area contributed by atoms with Crippen LogP contribution in [-0.4, -0.2) is 14.9 Å². The number of allylic oxidation sites excluding steroid dienone is 1. The molecule has 0 amide bonds. The monoisotopic (exact) mass is 321 g/mol. The van der Waals surface area contributed by atoms with Crippen molar-refractivity contribution in [2.24, 2.45) is 0 Å². The SMILES string of the molecule is C/C(=C\C(O)c1ccc([N+](=O)[O-])cc1)C(F)(F)Br. The van der Waals surface area contributed by atoms with Gasteiger partial charge in [-0.15, -0.1) is 0 Å². The van der Waals surface area contributed by atoms with Gasteiger partial charge in [-0.05, 0) is 46.6 Å². The second-order valence-electron chi connectivity index (χ2n) is 3.64. The molecule has 0 aliphatic carbocycles. The lowest BCUT2D eigenvalue weighted by atomic mass is 10.1. The van der Waals surface area contributed by atoms with Gasteiger partial charge in [-0.25, -0.2) is 0 Å². The third kappa shape index (κ3) is 3.85. The Labute approximate surface area is 110 Å². The molecule has 0 heterocycles. The topological polar surface area (TPSA) is 63.4 Å². The molecule has 0 fully saturated rings. The van der Waals surface area contributed by atoms with E-state index in [-0.39, 0.29) is 11.3 Å². The Balaban J connectivity index is 2.92. The minimum absolute atomic E-state index is 0.127. The van der Waals surface area contributed by atoms with E-state index >= 15 is 0 Å². The maximum absolute atomic E-state index is 12.8. The summed E-state index contributed by atoms with van der Waals surface area (Å²) in [5.41, 5.74) is -0.164. The smallest absolute Gasteiger partial charge is 0.322 e. The molecule has 18 heavy (non-hydrogen) atoms. The Kier molecular flexibility index (Phi) is 4.53.